The van der Waals surface area contributed by atoms with Crippen molar-refractivity contribution in [2.24, 2.45) is 0 Å². The predicted molar refractivity (Wildman–Crippen MR) is 121 cm³/mol. The fraction of sp³-hybridized carbons (Fsp3) is 0.125. The van der Waals surface area contributed by atoms with E-state index in [1.807, 2.05) is 72.8 Å². The first kappa shape index (κ1) is 21.1. The zero-order chi connectivity index (χ0) is 21.7. The molecule has 0 spiro atoms. The van der Waals surface area contributed by atoms with Gasteiger partial charge in [-0.1, -0.05) is 36.4 Å². The average Bonchev–Trinajstić information content (AvgIpc) is 2.85. The lowest BCUT2D eigenvalue weighted by molar-refractivity contribution is 0.275. The van der Waals surface area contributed by atoms with Gasteiger partial charge < -0.3 is 9.05 Å². The van der Waals surface area contributed by atoms with Gasteiger partial charge in [-0.05, 0) is 53.1 Å². The van der Waals surface area contributed by atoms with Gasteiger partial charge in [-0.15, -0.1) is 0 Å². The fourth-order valence-corrected chi connectivity index (χ4v) is 4.28. The van der Waals surface area contributed by atoms with E-state index in [-0.39, 0.29) is 6.16 Å². The highest BCUT2D eigenvalue weighted by Crippen LogP contribution is 2.49. The van der Waals surface area contributed by atoms with Crippen LogP contribution in [0.5, 0.6) is 0 Å². The van der Waals surface area contributed by atoms with Crippen LogP contribution in [0.2, 0.25) is 0 Å². The minimum absolute atomic E-state index is 0.217. The third kappa shape index (κ3) is 4.94. The van der Waals surface area contributed by atoms with Crippen molar-refractivity contribution < 1.29 is 13.6 Å². The highest BCUT2D eigenvalue weighted by atomic mass is 31.2. The molecule has 3 heterocycles. The van der Waals surface area contributed by atoms with Crippen LogP contribution in [0.1, 0.15) is 5.56 Å². The molecule has 156 valence electrons. The first-order valence-corrected chi connectivity index (χ1v) is 11.5. The highest BCUT2D eigenvalue weighted by molar-refractivity contribution is 7.52. The van der Waals surface area contributed by atoms with Gasteiger partial charge in [0.1, 0.15) is 0 Å². The van der Waals surface area contributed by atoms with Crippen LogP contribution in [0.3, 0.4) is 0 Å². The molecule has 3 aromatic heterocycles. The van der Waals surface area contributed by atoms with Crippen molar-refractivity contribution in [3.8, 4) is 33.9 Å². The first-order valence-electron chi connectivity index (χ1n) is 9.75. The lowest BCUT2D eigenvalue weighted by Gasteiger charge is -2.14. The molecule has 0 radical (unpaired) electrons. The largest absolute Gasteiger partial charge is 0.334 e. The minimum Gasteiger partial charge on any atom is -0.312 e. The van der Waals surface area contributed by atoms with Crippen molar-refractivity contribution in [3.63, 3.8) is 0 Å². The smallest absolute Gasteiger partial charge is 0.312 e. The van der Waals surface area contributed by atoms with E-state index >= 15 is 0 Å². The Morgan fingerprint density at radius 3 is 1.71 bits per heavy atom. The van der Waals surface area contributed by atoms with Crippen LogP contribution in [0.15, 0.2) is 85.2 Å². The van der Waals surface area contributed by atoms with Crippen LogP contribution < -0.4 is 0 Å². The zero-order valence-electron chi connectivity index (χ0n) is 17.3. The summed E-state index contributed by atoms with van der Waals surface area (Å²) in [4.78, 5) is 13.7. The van der Waals surface area contributed by atoms with Gasteiger partial charge in [-0.3, -0.25) is 14.5 Å². The summed E-state index contributed by atoms with van der Waals surface area (Å²) in [7, 11) is -0.319. The molecule has 0 amide bonds. The molecular weight excluding hydrogens is 409 g/mol. The number of benzene rings is 1. The molecule has 0 unspecified atom stereocenters. The Hall–Kier alpha value is -3.18. The molecular formula is C24H22N3O3P. The quantitative estimate of drug-likeness (QED) is 0.341. The van der Waals surface area contributed by atoms with Gasteiger partial charge in [0.15, 0.2) is 0 Å². The van der Waals surface area contributed by atoms with Gasteiger partial charge in [-0.2, -0.15) is 0 Å². The molecule has 4 aromatic rings. The first-order chi connectivity index (χ1) is 15.1. The summed E-state index contributed by atoms with van der Waals surface area (Å²) in [6.07, 6.45) is 3.72. The lowest BCUT2D eigenvalue weighted by Crippen LogP contribution is -1.95. The summed E-state index contributed by atoms with van der Waals surface area (Å²) in [5.41, 5.74) is 5.99. The van der Waals surface area contributed by atoms with Crippen molar-refractivity contribution >= 4 is 7.60 Å². The van der Waals surface area contributed by atoms with E-state index in [0.717, 1.165) is 39.5 Å². The van der Waals surface area contributed by atoms with Crippen LogP contribution in [0.4, 0.5) is 0 Å². The Bertz CT molecular complexity index is 1130. The molecule has 0 N–H and O–H groups in total. The Morgan fingerprint density at radius 1 is 0.710 bits per heavy atom. The molecule has 0 bridgehead atoms. The SMILES string of the molecule is COP(=O)(Cc1ccc(-c2cc(-c3ccccn3)nc(-c3ccccn3)c2)cc1)OC. The topological polar surface area (TPSA) is 74.2 Å². The summed E-state index contributed by atoms with van der Waals surface area (Å²) in [6.45, 7) is 0. The number of rotatable bonds is 7. The van der Waals surface area contributed by atoms with Crippen LogP contribution in [0.25, 0.3) is 33.9 Å². The molecule has 7 heteroatoms. The maximum absolute atomic E-state index is 12.4. The number of aromatic nitrogens is 3. The van der Waals surface area contributed by atoms with Gasteiger partial charge in [0.25, 0.3) is 0 Å². The summed E-state index contributed by atoms with van der Waals surface area (Å²) < 4.78 is 22.5. The zero-order valence-corrected chi connectivity index (χ0v) is 18.2. The molecule has 0 saturated carbocycles. The summed E-state index contributed by atoms with van der Waals surface area (Å²) >= 11 is 0. The Labute approximate surface area is 181 Å². The second kappa shape index (κ2) is 9.31. The van der Waals surface area contributed by atoms with Crippen molar-refractivity contribution in [3.05, 3.63) is 90.8 Å². The summed E-state index contributed by atoms with van der Waals surface area (Å²) in [5, 5.41) is 0. The minimum atomic E-state index is -3.11. The molecule has 1 aromatic carbocycles. The van der Waals surface area contributed by atoms with Gasteiger partial charge in [0.2, 0.25) is 0 Å². The fourth-order valence-electron chi connectivity index (χ4n) is 3.22. The van der Waals surface area contributed by atoms with E-state index in [9.17, 15) is 4.57 Å². The highest BCUT2D eigenvalue weighted by Gasteiger charge is 2.21. The van der Waals surface area contributed by atoms with E-state index < -0.39 is 7.60 Å². The Balaban J connectivity index is 1.75. The standard InChI is InChI=1S/C24H22N3O3P/c1-29-31(28,30-2)17-18-9-11-19(12-10-18)20-15-23(21-7-3-5-13-25-21)27-24(16-20)22-8-4-6-14-26-22/h3-16H,17H2,1-2H3. The second-order valence-electron chi connectivity index (χ2n) is 6.89. The van der Waals surface area contributed by atoms with Crippen molar-refractivity contribution in [1.29, 1.82) is 0 Å². The molecule has 4 rings (SSSR count). The van der Waals surface area contributed by atoms with Crippen LogP contribution in [-0.2, 0) is 19.8 Å². The Morgan fingerprint density at radius 2 is 1.26 bits per heavy atom. The van der Waals surface area contributed by atoms with E-state index in [1.165, 1.54) is 14.2 Å². The van der Waals surface area contributed by atoms with E-state index in [4.69, 9.17) is 14.0 Å². The normalized spacial score (nSPS) is 11.4. The van der Waals surface area contributed by atoms with E-state index in [2.05, 4.69) is 9.97 Å². The van der Waals surface area contributed by atoms with Crippen molar-refractivity contribution in [1.82, 2.24) is 15.0 Å². The van der Waals surface area contributed by atoms with Crippen LogP contribution in [0, 0.1) is 0 Å². The number of nitrogens with zero attached hydrogens (tertiary/aromatic N) is 3. The van der Waals surface area contributed by atoms with E-state index in [0.29, 0.717) is 0 Å². The van der Waals surface area contributed by atoms with Crippen LogP contribution >= 0.6 is 7.60 Å². The molecule has 6 nitrogen and oxygen atoms in total. The molecule has 0 aliphatic carbocycles. The lowest BCUT2D eigenvalue weighted by atomic mass is 10.0. The monoisotopic (exact) mass is 431 g/mol. The van der Waals surface area contributed by atoms with Crippen LogP contribution in [-0.4, -0.2) is 29.2 Å². The second-order valence-corrected chi connectivity index (χ2v) is 9.16. The molecule has 0 aliphatic heterocycles. The van der Waals surface area contributed by atoms with Crippen molar-refractivity contribution in [2.45, 2.75) is 6.16 Å². The molecule has 0 saturated heterocycles. The molecule has 31 heavy (non-hydrogen) atoms. The maximum atomic E-state index is 12.4. The summed E-state index contributed by atoms with van der Waals surface area (Å²) in [6, 6.07) is 23.4. The average molecular weight is 431 g/mol. The maximum Gasteiger partial charge on any atom is 0.334 e. The Kier molecular flexibility index (Phi) is 6.33. The number of pyridine rings is 3. The van der Waals surface area contributed by atoms with Gasteiger partial charge >= 0.3 is 7.60 Å². The molecule has 0 fully saturated rings. The van der Waals surface area contributed by atoms with Crippen molar-refractivity contribution in [2.75, 3.05) is 14.2 Å². The van der Waals surface area contributed by atoms with Gasteiger partial charge in [0, 0.05) is 26.6 Å². The number of hydrogen-bond donors (Lipinski definition) is 0. The number of hydrogen-bond acceptors (Lipinski definition) is 6. The third-order valence-corrected chi connectivity index (χ3v) is 6.76. The molecule has 0 atom stereocenters. The predicted octanol–water partition coefficient (Wildman–Crippen LogP) is 5.86. The van der Waals surface area contributed by atoms with Gasteiger partial charge in [0.05, 0.1) is 28.9 Å². The third-order valence-electron chi connectivity index (χ3n) is 4.90. The van der Waals surface area contributed by atoms with E-state index in [1.54, 1.807) is 12.4 Å². The summed E-state index contributed by atoms with van der Waals surface area (Å²) in [5.74, 6) is 0. The van der Waals surface area contributed by atoms with Gasteiger partial charge in [-0.25, -0.2) is 4.98 Å². The molecule has 0 aliphatic rings.